The molecule has 2 amide bonds. The first-order chi connectivity index (χ1) is 19.0. The highest BCUT2D eigenvalue weighted by molar-refractivity contribution is 6.47. The maximum Gasteiger partial charge on any atom is 0.481 e. The number of methoxy groups -OCH3 is 1. The van der Waals surface area contributed by atoms with Gasteiger partial charge in [0.1, 0.15) is 5.75 Å². The SMILES string of the molecule is COc1cccc(C(CC(=O)N[C@@H](CC(C)C)B2O[C@@H]3C[C@@H]4C[C@@H](C4(C)C)[C@]3(C)O2)NC(=O)c2ccccc2)c1. The number of nitrogens with one attached hydrogen (secondary N) is 2. The van der Waals surface area contributed by atoms with Crippen molar-refractivity contribution in [3.8, 4) is 5.75 Å². The number of amides is 2. The van der Waals surface area contributed by atoms with Crippen molar-refractivity contribution in [2.24, 2.45) is 23.2 Å². The Hall–Kier alpha value is -2.84. The van der Waals surface area contributed by atoms with Crippen molar-refractivity contribution in [2.75, 3.05) is 7.11 Å². The first kappa shape index (κ1) is 28.7. The average Bonchev–Trinajstić information content (AvgIpc) is 3.29. The van der Waals surface area contributed by atoms with Crippen LogP contribution in [0.4, 0.5) is 0 Å². The van der Waals surface area contributed by atoms with Crippen LogP contribution in [0.1, 0.15) is 82.3 Å². The van der Waals surface area contributed by atoms with Crippen molar-refractivity contribution in [1.82, 2.24) is 10.6 Å². The summed E-state index contributed by atoms with van der Waals surface area (Å²) in [5.41, 5.74) is 1.25. The molecule has 1 saturated heterocycles. The largest absolute Gasteiger partial charge is 0.497 e. The van der Waals surface area contributed by atoms with Gasteiger partial charge in [0.2, 0.25) is 5.91 Å². The molecule has 2 N–H and O–H groups in total. The zero-order valence-electron chi connectivity index (χ0n) is 24.6. The molecule has 1 unspecified atom stereocenters. The zero-order chi connectivity index (χ0) is 28.7. The van der Waals surface area contributed by atoms with Gasteiger partial charge in [0.15, 0.2) is 0 Å². The van der Waals surface area contributed by atoms with E-state index in [1.807, 2.05) is 42.5 Å². The lowest BCUT2D eigenvalue weighted by Gasteiger charge is -2.64. The molecular formula is C32H43BN2O5. The first-order valence-corrected chi connectivity index (χ1v) is 14.6. The Kier molecular flexibility index (Phi) is 8.04. The third-order valence-electron chi connectivity index (χ3n) is 9.60. The lowest BCUT2D eigenvalue weighted by atomic mass is 9.43. The van der Waals surface area contributed by atoms with Gasteiger partial charge in [-0.15, -0.1) is 0 Å². The maximum atomic E-state index is 13.6. The molecule has 2 bridgehead atoms. The highest BCUT2D eigenvalue weighted by Gasteiger charge is 2.68. The van der Waals surface area contributed by atoms with Gasteiger partial charge in [-0.05, 0) is 79.2 Å². The van der Waals surface area contributed by atoms with Crippen molar-refractivity contribution >= 4 is 18.9 Å². The predicted octanol–water partition coefficient (Wildman–Crippen LogP) is 5.35. The second-order valence-corrected chi connectivity index (χ2v) is 13.0. The number of benzene rings is 2. The molecule has 2 aromatic carbocycles. The third kappa shape index (κ3) is 5.53. The molecule has 7 nitrogen and oxygen atoms in total. The van der Waals surface area contributed by atoms with Gasteiger partial charge in [-0.1, -0.05) is 58.0 Å². The van der Waals surface area contributed by atoms with Crippen molar-refractivity contribution in [3.63, 3.8) is 0 Å². The summed E-state index contributed by atoms with van der Waals surface area (Å²) in [6.07, 6.45) is 3.04. The van der Waals surface area contributed by atoms with Gasteiger partial charge in [0.25, 0.3) is 5.91 Å². The Bertz CT molecular complexity index is 1220. The van der Waals surface area contributed by atoms with Crippen LogP contribution < -0.4 is 15.4 Å². The summed E-state index contributed by atoms with van der Waals surface area (Å²) in [5, 5.41) is 6.30. The minimum Gasteiger partial charge on any atom is -0.497 e. The Morgan fingerprint density at radius 1 is 1.05 bits per heavy atom. The minimum absolute atomic E-state index is 0.0514. The molecular weight excluding hydrogens is 503 g/mol. The van der Waals surface area contributed by atoms with E-state index in [4.69, 9.17) is 14.0 Å². The van der Waals surface area contributed by atoms with Crippen LogP contribution in [0.2, 0.25) is 0 Å². The van der Waals surface area contributed by atoms with Crippen LogP contribution in [0.3, 0.4) is 0 Å². The fourth-order valence-corrected chi connectivity index (χ4v) is 7.21. The van der Waals surface area contributed by atoms with Gasteiger partial charge in [0, 0.05) is 5.56 Å². The van der Waals surface area contributed by atoms with Crippen LogP contribution in [0.25, 0.3) is 0 Å². The topological polar surface area (TPSA) is 85.9 Å². The summed E-state index contributed by atoms with van der Waals surface area (Å²) in [6, 6.07) is 16.0. The molecule has 0 radical (unpaired) electrons. The van der Waals surface area contributed by atoms with Gasteiger partial charge in [-0.25, -0.2) is 0 Å². The van der Waals surface area contributed by atoms with Crippen molar-refractivity contribution < 1.29 is 23.6 Å². The number of ether oxygens (including phenoxy) is 1. The Labute approximate surface area is 238 Å². The van der Waals surface area contributed by atoms with E-state index in [2.05, 4.69) is 45.3 Å². The first-order valence-electron chi connectivity index (χ1n) is 14.6. The van der Waals surface area contributed by atoms with E-state index in [0.717, 1.165) is 18.4 Å². The van der Waals surface area contributed by atoms with Crippen molar-refractivity contribution in [1.29, 1.82) is 0 Å². The summed E-state index contributed by atoms with van der Waals surface area (Å²) in [4.78, 5) is 26.7. The summed E-state index contributed by atoms with van der Waals surface area (Å²) in [7, 11) is 1.11. The maximum absolute atomic E-state index is 13.6. The van der Waals surface area contributed by atoms with E-state index in [-0.39, 0.29) is 41.3 Å². The van der Waals surface area contributed by atoms with E-state index < -0.39 is 13.2 Å². The third-order valence-corrected chi connectivity index (χ3v) is 9.60. The second kappa shape index (κ2) is 11.2. The van der Waals surface area contributed by atoms with Gasteiger partial charge >= 0.3 is 7.12 Å². The van der Waals surface area contributed by atoms with Gasteiger partial charge in [0.05, 0.1) is 37.2 Å². The van der Waals surface area contributed by atoms with Crippen LogP contribution in [-0.4, -0.2) is 43.7 Å². The van der Waals surface area contributed by atoms with Gasteiger partial charge in [-0.2, -0.15) is 0 Å². The molecule has 1 heterocycles. The summed E-state index contributed by atoms with van der Waals surface area (Å²) in [6.45, 7) is 11.2. The van der Waals surface area contributed by atoms with Crippen LogP contribution in [-0.2, 0) is 14.1 Å². The standard InChI is InChI=1S/C32H43BN2O5/c1-20(2)15-28(33-39-27-18-23-17-26(31(23,3)4)32(27,5)40-33)35-29(36)19-25(22-13-10-14-24(16-22)38-6)34-30(37)21-11-8-7-9-12-21/h7-14,16,20,23,25-28H,15,17-19H2,1-6H3,(H,34,37)(H,35,36)/t23-,25?,26-,27+,28-,32-/m0/s1. The monoisotopic (exact) mass is 546 g/mol. The smallest absolute Gasteiger partial charge is 0.481 e. The highest BCUT2D eigenvalue weighted by atomic mass is 16.7. The quantitative estimate of drug-likeness (QED) is 0.392. The number of hydrogen-bond acceptors (Lipinski definition) is 5. The summed E-state index contributed by atoms with van der Waals surface area (Å²) in [5.74, 6) is 1.43. The molecule has 40 heavy (non-hydrogen) atoms. The minimum atomic E-state index is -0.541. The molecule has 8 heteroatoms. The molecule has 0 aromatic heterocycles. The number of carbonyl (C=O) groups is 2. The molecule has 3 aliphatic carbocycles. The van der Waals surface area contributed by atoms with E-state index in [1.165, 1.54) is 6.42 Å². The molecule has 6 atom stereocenters. The predicted molar refractivity (Wildman–Crippen MR) is 156 cm³/mol. The molecule has 3 saturated carbocycles. The van der Waals surface area contributed by atoms with Gasteiger partial charge < -0.3 is 24.7 Å². The van der Waals surface area contributed by atoms with Gasteiger partial charge in [-0.3, -0.25) is 9.59 Å². The lowest BCUT2D eigenvalue weighted by Crippen LogP contribution is -2.65. The zero-order valence-corrected chi connectivity index (χ0v) is 24.6. The Morgan fingerprint density at radius 2 is 1.80 bits per heavy atom. The number of carbonyl (C=O) groups excluding carboxylic acids is 2. The molecule has 1 aliphatic heterocycles. The molecule has 4 aliphatic rings. The number of hydrogen-bond donors (Lipinski definition) is 2. The molecule has 6 rings (SSSR count). The molecule has 2 aromatic rings. The van der Waals surface area contributed by atoms with E-state index in [9.17, 15) is 9.59 Å². The van der Waals surface area contributed by atoms with E-state index in [0.29, 0.717) is 29.1 Å². The highest BCUT2D eigenvalue weighted by Crippen LogP contribution is 2.65. The molecule has 0 spiro atoms. The van der Waals surface area contributed by atoms with Crippen LogP contribution in [0.5, 0.6) is 5.75 Å². The van der Waals surface area contributed by atoms with E-state index in [1.54, 1.807) is 19.2 Å². The normalized spacial score (nSPS) is 27.8. The van der Waals surface area contributed by atoms with Crippen molar-refractivity contribution in [2.45, 2.75) is 84.0 Å². The summed E-state index contributed by atoms with van der Waals surface area (Å²) < 4.78 is 18.7. The molecule has 214 valence electrons. The fourth-order valence-electron chi connectivity index (χ4n) is 7.21. The van der Waals surface area contributed by atoms with Crippen molar-refractivity contribution in [3.05, 3.63) is 65.7 Å². The van der Waals surface area contributed by atoms with E-state index >= 15 is 0 Å². The fraction of sp³-hybridized carbons (Fsp3) is 0.562. The average molecular weight is 547 g/mol. The number of rotatable bonds is 10. The lowest BCUT2D eigenvalue weighted by molar-refractivity contribution is -0.199. The second-order valence-electron chi connectivity index (χ2n) is 13.0. The Morgan fingerprint density at radius 3 is 2.48 bits per heavy atom. The summed E-state index contributed by atoms with van der Waals surface area (Å²) >= 11 is 0. The Balaban J connectivity index is 1.32. The molecule has 4 fully saturated rings. The van der Waals surface area contributed by atoms with Crippen LogP contribution in [0, 0.1) is 23.2 Å². The van der Waals surface area contributed by atoms with Crippen LogP contribution >= 0.6 is 0 Å². The van der Waals surface area contributed by atoms with Crippen LogP contribution in [0.15, 0.2) is 54.6 Å².